The van der Waals surface area contributed by atoms with Crippen LogP contribution in [0.3, 0.4) is 0 Å². The van der Waals surface area contributed by atoms with Crippen LogP contribution in [0.1, 0.15) is 143 Å². The zero-order valence-electron chi connectivity index (χ0n) is 28.0. The molecule has 7 heteroatoms. The zero-order valence-corrected chi connectivity index (χ0v) is 28.0. The minimum absolute atomic E-state index is 0.0271. The highest BCUT2D eigenvalue weighted by Crippen LogP contribution is 2.37. The molecule has 0 aromatic carbocycles. The molecule has 0 aliphatic heterocycles. The largest absolute Gasteiger partial charge is 0.393 e. The molecule has 252 valence electrons. The predicted molar refractivity (Wildman–Crippen MR) is 170 cm³/mol. The van der Waals surface area contributed by atoms with Crippen molar-refractivity contribution >= 4 is 0 Å². The predicted octanol–water partition coefficient (Wildman–Crippen LogP) is 7.54. The van der Waals surface area contributed by atoms with Crippen LogP contribution in [0.4, 0.5) is 0 Å². The Morgan fingerprint density at radius 1 is 0.465 bits per heavy atom. The van der Waals surface area contributed by atoms with Gasteiger partial charge in [-0.2, -0.15) is 0 Å². The van der Waals surface area contributed by atoms with Crippen molar-refractivity contribution < 1.29 is 33.9 Å². The molecule has 4 saturated carbocycles. The third-order valence-corrected chi connectivity index (χ3v) is 10.9. The quantitative estimate of drug-likeness (QED) is 0.175. The Kier molecular flexibility index (Phi) is 15.5. The van der Waals surface area contributed by atoms with E-state index >= 15 is 0 Å². The third-order valence-electron chi connectivity index (χ3n) is 10.9. The molecule has 4 aliphatic carbocycles. The molecule has 4 fully saturated rings. The summed E-state index contributed by atoms with van der Waals surface area (Å²) in [6, 6.07) is 0. The maximum Gasteiger partial charge on any atom is 0.155 e. The van der Waals surface area contributed by atoms with Crippen LogP contribution < -0.4 is 0 Å². The van der Waals surface area contributed by atoms with Crippen molar-refractivity contribution in [1.82, 2.24) is 0 Å². The van der Waals surface area contributed by atoms with Crippen molar-refractivity contribution in [3.63, 3.8) is 0 Å². The van der Waals surface area contributed by atoms with Crippen LogP contribution in [0.25, 0.3) is 0 Å². The fourth-order valence-corrected chi connectivity index (χ4v) is 8.31. The highest BCUT2D eigenvalue weighted by Gasteiger charge is 2.29. The second-order valence-corrected chi connectivity index (χ2v) is 14.9. The first-order valence-corrected chi connectivity index (χ1v) is 18.3. The lowest BCUT2D eigenvalue weighted by Gasteiger charge is -2.34. The summed E-state index contributed by atoms with van der Waals surface area (Å²) in [6.45, 7) is 9.13. The molecular weight excluding hydrogens is 544 g/mol. The first kappa shape index (κ1) is 35.6. The van der Waals surface area contributed by atoms with Gasteiger partial charge in [-0.3, -0.25) is 0 Å². The fraction of sp³-hybridized carbons (Fsp3) is 1.00. The Labute approximate surface area is 263 Å². The molecule has 4 rings (SSSR count). The second-order valence-electron chi connectivity index (χ2n) is 14.9. The third kappa shape index (κ3) is 13.5. The molecule has 2 N–H and O–H groups in total. The normalized spacial score (nSPS) is 37.0. The van der Waals surface area contributed by atoms with Crippen LogP contribution in [0.15, 0.2) is 0 Å². The molecule has 7 nitrogen and oxygen atoms in total. The van der Waals surface area contributed by atoms with Crippen molar-refractivity contribution in [2.45, 2.75) is 192 Å². The zero-order chi connectivity index (χ0) is 30.6. The number of hydrogen-bond donors (Lipinski definition) is 2. The molecule has 43 heavy (non-hydrogen) atoms. The number of rotatable bonds is 16. The summed E-state index contributed by atoms with van der Waals surface area (Å²) in [7, 11) is 0. The van der Waals surface area contributed by atoms with Gasteiger partial charge in [0.15, 0.2) is 12.6 Å². The van der Waals surface area contributed by atoms with Gasteiger partial charge in [-0.25, -0.2) is 0 Å². The lowest BCUT2D eigenvalue weighted by atomic mass is 9.76. The maximum absolute atomic E-state index is 9.76. The maximum atomic E-state index is 9.76. The smallest absolute Gasteiger partial charge is 0.155 e. The van der Waals surface area contributed by atoms with Crippen LogP contribution in [0.2, 0.25) is 0 Å². The minimum Gasteiger partial charge on any atom is -0.393 e. The van der Waals surface area contributed by atoms with Gasteiger partial charge < -0.3 is 33.9 Å². The number of aliphatic hydroxyl groups is 2. The van der Waals surface area contributed by atoms with Crippen molar-refractivity contribution in [1.29, 1.82) is 0 Å². The summed E-state index contributed by atoms with van der Waals surface area (Å²) in [5.41, 5.74) is 0. The summed E-state index contributed by atoms with van der Waals surface area (Å²) < 4.78 is 30.6. The van der Waals surface area contributed by atoms with Gasteiger partial charge in [0, 0.05) is 0 Å². The lowest BCUT2D eigenvalue weighted by molar-refractivity contribution is -0.205. The van der Waals surface area contributed by atoms with E-state index in [0.717, 1.165) is 75.0 Å². The summed E-state index contributed by atoms with van der Waals surface area (Å²) in [4.78, 5) is 0. The second kappa shape index (κ2) is 18.8. The van der Waals surface area contributed by atoms with E-state index < -0.39 is 0 Å². The molecule has 4 aliphatic rings. The van der Waals surface area contributed by atoms with E-state index in [2.05, 4.69) is 0 Å². The monoisotopic (exact) mass is 610 g/mol. The highest BCUT2D eigenvalue weighted by molar-refractivity contribution is 4.80. The van der Waals surface area contributed by atoms with Gasteiger partial charge in [-0.1, -0.05) is 0 Å². The lowest BCUT2D eigenvalue weighted by Crippen LogP contribution is -2.32. The first-order valence-electron chi connectivity index (χ1n) is 18.3. The molecule has 4 atom stereocenters. The number of hydrogen-bond acceptors (Lipinski definition) is 7. The van der Waals surface area contributed by atoms with E-state index in [1.54, 1.807) is 0 Å². The van der Waals surface area contributed by atoms with Gasteiger partial charge in [0.2, 0.25) is 0 Å². The van der Waals surface area contributed by atoms with Crippen molar-refractivity contribution in [2.24, 2.45) is 23.7 Å². The number of ether oxygens (including phenoxy) is 5. The molecular formula is C36H66O7. The summed E-state index contributed by atoms with van der Waals surface area (Å²) in [5.74, 6) is 3.28. The SMILES string of the molecule is CC(COC(C)OC1CCC(CC2CCC(O)CC2)CC1)OCC(C)OC(C)OC1CCC(CC2CCC(O)CC2)CC1. The van der Waals surface area contributed by atoms with Crippen LogP contribution >= 0.6 is 0 Å². The molecule has 0 bridgehead atoms. The molecule has 0 heterocycles. The minimum atomic E-state index is -0.231. The Morgan fingerprint density at radius 2 is 0.837 bits per heavy atom. The standard InChI is InChI=1S/C36H66O7/c1-25(23-40-27(3)42-35-17-9-31(10-18-35)21-29-5-13-33(37)14-6-29)39-24-26(2)41-28(4)43-36-19-11-32(12-20-36)22-30-7-15-34(38)16-8-30/h25-38H,5-24H2,1-4H3. The summed E-state index contributed by atoms with van der Waals surface area (Å²) >= 11 is 0. The summed E-state index contributed by atoms with van der Waals surface area (Å²) in [6.07, 6.45) is 21.0. The molecule has 0 saturated heterocycles. The van der Waals surface area contributed by atoms with Gasteiger partial charge >= 0.3 is 0 Å². The highest BCUT2D eigenvalue weighted by atomic mass is 16.7. The van der Waals surface area contributed by atoms with E-state index in [1.165, 1.54) is 64.2 Å². The Balaban J connectivity index is 0.988. The van der Waals surface area contributed by atoms with E-state index in [4.69, 9.17) is 23.7 Å². The van der Waals surface area contributed by atoms with Crippen LogP contribution in [0, 0.1) is 23.7 Å². The first-order chi connectivity index (χ1) is 20.7. The van der Waals surface area contributed by atoms with Gasteiger partial charge in [-0.05, 0) is 167 Å². The average molecular weight is 611 g/mol. The summed E-state index contributed by atoms with van der Waals surface area (Å²) in [5, 5.41) is 19.5. The van der Waals surface area contributed by atoms with Crippen LogP contribution in [-0.2, 0) is 23.7 Å². The average Bonchev–Trinajstić information content (AvgIpc) is 2.99. The van der Waals surface area contributed by atoms with Crippen molar-refractivity contribution in [3.05, 3.63) is 0 Å². The topological polar surface area (TPSA) is 86.6 Å². The van der Waals surface area contributed by atoms with E-state index in [-0.39, 0.29) is 37.0 Å². The molecule has 0 radical (unpaired) electrons. The van der Waals surface area contributed by atoms with Gasteiger partial charge in [0.25, 0.3) is 0 Å². The van der Waals surface area contributed by atoms with Gasteiger partial charge in [-0.15, -0.1) is 0 Å². The molecule has 4 unspecified atom stereocenters. The van der Waals surface area contributed by atoms with Crippen LogP contribution in [0.5, 0.6) is 0 Å². The van der Waals surface area contributed by atoms with Gasteiger partial charge in [0.1, 0.15) is 0 Å². The number of aliphatic hydroxyl groups excluding tert-OH is 2. The van der Waals surface area contributed by atoms with E-state index in [9.17, 15) is 10.2 Å². The van der Waals surface area contributed by atoms with E-state index in [0.29, 0.717) is 25.4 Å². The molecule has 0 amide bonds. The Morgan fingerprint density at radius 3 is 1.28 bits per heavy atom. The van der Waals surface area contributed by atoms with E-state index in [1.807, 2.05) is 27.7 Å². The Bertz CT molecular complexity index is 719. The molecule has 0 aromatic heterocycles. The van der Waals surface area contributed by atoms with Gasteiger partial charge in [0.05, 0.1) is 49.8 Å². The molecule has 0 aromatic rings. The van der Waals surface area contributed by atoms with Crippen molar-refractivity contribution in [2.75, 3.05) is 13.2 Å². The fourth-order valence-electron chi connectivity index (χ4n) is 8.31. The Hall–Kier alpha value is -0.280. The van der Waals surface area contributed by atoms with Crippen molar-refractivity contribution in [3.8, 4) is 0 Å². The van der Waals surface area contributed by atoms with Crippen LogP contribution in [-0.4, -0.2) is 72.6 Å². The molecule has 0 spiro atoms.